The number of hydrogen-bond donors (Lipinski definition) is 0. The quantitative estimate of drug-likeness (QED) is 0.391. The zero-order valence-electron chi connectivity index (χ0n) is 8.06. The lowest BCUT2D eigenvalue weighted by atomic mass is 10.2. The lowest BCUT2D eigenvalue weighted by molar-refractivity contribution is -0.163. The number of morpholine rings is 1. The van der Waals surface area contributed by atoms with Gasteiger partial charge in [0.1, 0.15) is 0 Å². The van der Waals surface area contributed by atoms with Crippen molar-refractivity contribution in [1.82, 2.24) is 4.90 Å². The first-order valence-electron chi connectivity index (χ1n) is 4.72. The van der Waals surface area contributed by atoms with E-state index < -0.39 is 11.9 Å². The zero-order chi connectivity index (χ0) is 10.1. The molecule has 0 aliphatic carbocycles. The Hall–Kier alpha value is -1.10. The Morgan fingerprint density at radius 2 is 1.86 bits per heavy atom. The summed E-state index contributed by atoms with van der Waals surface area (Å²) in [6.07, 6.45) is 1.85. The summed E-state index contributed by atoms with van der Waals surface area (Å²) >= 11 is 0. The van der Waals surface area contributed by atoms with Crippen molar-refractivity contribution in [2.24, 2.45) is 0 Å². The maximum Gasteiger partial charge on any atom is 0.396 e. The minimum Gasteiger partial charge on any atom is -0.462 e. The van der Waals surface area contributed by atoms with Crippen LogP contribution in [0, 0.1) is 0 Å². The van der Waals surface area contributed by atoms with Crippen molar-refractivity contribution in [3.8, 4) is 0 Å². The summed E-state index contributed by atoms with van der Waals surface area (Å²) in [4.78, 5) is 24.3. The van der Waals surface area contributed by atoms with E-state index in [4.69, 9.17) is 4.74 Å². The van der Waals surface area contributed by atoms with E-state index in [1.807, 2.05) is 0 Å². The summed E-state index contributed by atoms with van der Waals surface area (Å²) in [7, 11) is 1.22. The van der Waals surface area contributed by atoms with Crippen LogP contribution < -0.4 is 0 Å². The number of fused-ring (bicyclic) bond motifs is 2. The van der Waals surface area contributed by atoms with Gasteiger partial charge in [-0.15, -0.1) is 0 Å². The first kappa shape index (κ1) is 9.45. The fourth-order valence-electron chi connectivity index (χ4n) is 2.15. The van der Waals surface area contributed by atoms with Gasteiger partial charge in [-0.3, -0.25) is 4.79 Å². The lowest BCUT2D eigenvalue weighted by Crippen LogP contribution is -2.51. The van der Waals surface area contributed by atoms with Crippen molar-refractivity contribution < 1.29 is 19.1 Å². The van der Waals surface area contributed by atoms with E-state index in [1.54, 1.807) is 4.90 Å². The lowest BCUT2D eigenvalue weighted by Gasteiger charge is -2.33. The molecule has 0 N–H and O–H groups in total. The number of carbonyl (C=O) groups is 2. The van der Waals surface area contributed by atoms with Crippen LogP contribution in [0.1, 0.15) is 12.8 Å². The largest absolute Gasteiger partial charge is 0.462 e. The van der Waals surface area contributed by atoms with Gasteiger partial charge in [0.05, 0.1) is 32.4 Å². The van der Waals surface area contributed by atoms with Gasteiger partial charge in [-0.25, -0.2) is 4.79 Å². The van der Waals surface area contributed by atoms with Crippen LogP contribution in [0.15, 0.2) is 0 Å². The third kappa shape index (κ3) is 1.37. The van der Waals surface area contributed by atoms with E-state index in [9.17, 15) is 9.59 Å². The zero-order valence-corrected chi connectivity index (χ0v) is 8.06. The molecule has 0 radical (unpaired) electrons. The number of nitrogens with zero attached hydrogens (tertiary/aromatic N) is 1. The SMILES string of the molecule is COC(=O)C(=O)N1C2CCC1COC2. The summed E-state index contributed by atoms with van der Waals surface area (Å²) in [5.41, 5.74) is 0. The van der Waals surface area contributed by atoms with Gasteiger partial charge in [0.15, 0.2) is 0 Å². The summed E-state index contributed by atoms with van der Waals surface area (Å²) in [5.74, 6) is -1.30. The molecule has 0 spiro atoms. The number of carbonyl (C=O) groups excluding carboxylic acids is 2. The maximum absolute atomic E-state index is 11.6. The van der Waals surface area contributed by atoms with Crippen LogP contribution in [0.5, 0.6) is 0 Å². The predicted molar refractivity (Wildman–Crippen MR) is 46.5 cm³/mol. The molecule has 0 aromatic heterocycles. The van der Waals surface area contributed by atoms with Gasteiger partial charge in [-0.1, -0.05) is 0 Å². The van der Waals surface area contributed by atoms with E-state index in [1.165, 1.54) is 7.11 Å². The highest BCUT2D eigenvalue weighted by Crippen LogP contribution is 2.28. The normalized spacial score (nSPS) is 30.2. The Morgan fingerprint density at radius 3 is 2.36 bits per heavy atom. The molecule has 0 aromatic carbocycles. The molecule has 14 heavy (non-hydrogen) atoms. The third-order valence-corrected chi connectivity index (χ3v) is 2.83. The average Bonchev–Trinajstić information content (AvgIpc) is 2.46. The Bertz CT molecular complexity index is 250. The number of amides is 1. The fourth-order valence-corrected chi connectivity index (χ4v) is 2.15. The van der Waals surface area contributed by atoms with E-state index in [2.05, 4.69) is 4.74 Å². The molecule has 2 aliphatic rings. The van der Waals surface area contributed by atoms with Crippen molar-refractivity contribution >= 4 is 11.9 Å². The van der Waals surface area contributed by atoms with Gasteiger partial charge in [0.2, 0.25) is 0 Å². The van der Waals surface area contributed by atoms with E-state index >= 15 is 0 Å². The molecule has 2 fully saturated rings. The van der Waals surface area contributed by atoms with Crippen LogP contribution in [0.3, 0.4) is 0 Å². The maximum atomic E-state index is 11.6. The van der Waals surface area contributed by atoms with Crippen LogP contribution in [-0.2, 0) is 19.1 Å². The first-order valence-corrected chi connectivity index (χ1v) is 4.72. The topological polar surface area (TPSA) is 55.8 Å². The van der Waals surface area contributed by atoms with Crippen LogP contribution in [-0.4, -0.2) is 49.2 Å². The molecule has 2 unspecified atom stereocenters. The number of rotatable bonds is 0. The minimum absolute atomic E-state index is 0.0698. The van der Waals surface area contributed by atoms with Crippen molar-refractivity contribution in [2.75, 3.05) is 20.3 Å². The molecule has 1 amide bonds. The molecule has 2 bridgehead atoms. The molecule has 5 heteroatoms. The van der Waals surface area contributed by atoms with E-state index in [0.717, 1.165) is 12.8 Å². The molecular formula is C9H13NO4. The Kier molecular flexibility index (Phi) is 2.41. The summed E-state index contributed by atoms with van der Waals surface area (Å²) in [6, 6.07) is 0.140. The molecule has 2 heterocycles. The average molecular weight is 199 g/mol. The van der Waals surface area contributed by atoms with Gasteiger partial charge in [-0.2, -0.15) is 0 Å². The summed E-state index contributed by atoms with van der Waals surface area (Å²) in [5, 5.41) is 0. The number of ether oxygens (including phenoxy) is 2. The summed E-state index contributed by atoms with van der Waals surface area (Å²) < 4.78 is 9.72. The first-order chi connectivity index (χ1) is 6.74. The van der Waals surface area contributed by atoms with Crippen molar-refractivity contribution in [2.45, 2.75) is 24.9 Å². The molecule has 2 aliphatic heterocycles. The molecule has 78 valence electrons. The Labute approximate surface area is 82.0 Å². The molecule has 0 aromatic rings. The number of esters is 1. The summed E-state index contributed by atoms with van der Waals surface area (Å²) in [6.45, 7) is 1.08. The molecule has 2 rings (SSSR count). The molecule has 2 atom stereocenters. The van der Waals surface area contributed by atoms with Crippen LogP contribution >= 0.6 is 0 Å². The second-order valence-corrected chi connectivity index (χ2v) is 3.63. The Balaban J connectivity index is 2.10. The van der Waals surface area contributed by atoms with Crippen molar-refractivity contribution in [1.29, 1.82) is 0 Å². The molecule has 5 nitrogen and oxygen atoms in total. The van der Waals surface area contributed by atoms with E-state index in [-0.39, 0.29) is 12.1 Å². The predicted octanol–water partition coefficient (Wildman–Crippen LogP) is -0.451. The third-order valence-electron chi connectivity index (χ3n) is 2.83. The minimum atomic E-state index is -0.774. The van der Waals surface area contributed by atoms with E-state index in [0.29, 0.717) is 13.2 Å². The number of methoxy groups -OCH3 is 1. The van der Waals surface area contributed by atoms with Gasteiger partial charge < -0.3 is 14.4 Å². The van der Waals surface area contributed by atoms with Crippen molar-refractivity contribution in [3.63, 3.8) is 0 Å². The van der Waals surface area contributed by atoms with Gasteiger partial charge in [0, 0.05) is 0 Å². The van der Waals surface area contributed by atoms with Gasteiger partial charge >= 0.3 is 11.9 Å². The van der Waals surface area contributed by atoms with Crippen LogP contribution in [0.25, 0.3) is 0 Å². The highest BCUT2D eigenvalue weighted by atomic mass is 16.5. The second-order valence-electron chi connectivity index (χ2n) is 3.63. The van der Waals surface area contributed by atoms with Crippen LogP contribution in [0.2, 0.25) is 0 Å². The number of hydrogen-bond acceptors (Lipinski definition) is 4. The van der Waals surface area contributed by atoms with Crippen molar-refractivity contribution in [3.05, 3.63) is 0 Å². The molecular weight excluding hydrogens is 186 g/mol. The standard InChI is InChI=1S/C9H13NO4/c1-13-9(12)8(11)10-6-2-3-7(10)5-14-4-6/h6-7H,2-5H2,1H3. The highest BCUT2D eigenvalue weighted by Gasteiger charge is 2.42. The smallest absolute Gasteiger partial charge is 0.396 e. The second kappa shape index (κ2) is 3.57. The van der Waals surface area contributed by atoms with Gasteiger partial charge in [0.25, 0.3) is 0 Å². The highest BCUT2D eigenvalue weighted by molar-refractivity contribution is 6.32. The Morgan fingerprint density at radius 1 is 1.29 bits per heavy atom. The fraction of sp³-hybridized carbons (Fsp3) is 0.778. The monoisotopic (exact) mass is 199 g/mol. The molecule has 2 saturated heterocycles. The molecule has 0 saturated carbocycles. The van der Waals surface area contributed by atoms with Gasteiger partial charge in [-0.05, 0) is 12.8 Å². The van der Waals surface area contributed by atoms with Crippen LogP contribution in [0.4, 0.5) is 0 Å².